The molecule has 1 N–H and O–H groups in total. The Morgan fingerprint density at radius 1 is 1.46 bits per heavy atom. The highest BCUT2D eigenvalue weighted by Crippen LogP contribution is 2.27. The summed E-state index contributed by atoms with van der Waals surface area (Å²) < 4.78 is 5.39. The molecule has 0 aliphatic carbocycles. The van der Waals surface area contributed by atoms with Gasteiger partial charge in [0.05, 0.1) is 18.7 Å². The molecule has 0 bridgehead atoms. The average Bonchev–Trinajstić information content (AvgIpc) is 2.25. The summed E-state index contributed by atoms with van der Waals surface area (Å²) in [5.41, 5.74) is 1.90. The largest absolute Gasteiger partial charge is 0.491 e. The van der Waals surface area contributed by atoms with E-state index >= 15 is 0 Å². The standard InChI is InChI=1S/C10H11NO2/c1-7-2-3-9-8(6-7)11-10(12)4-5-13-9/h2-3,6H,4-5H2,1H3,(H,11,12). The fourth-order valence-electron chi connectivity index (χ4n) is 1.33. The SMILES string of the molecule is Cc1ccc2c(c1)NC(=O)CCO2. The molecule has 1 aliphatic heterocycles. The van der Waals surface area contributed by atoms with Crippen molar-refractivity contribution < 1.29 is 9.53 Å². The van der Waals surface area contributed by atoms with Crippen LogP contribution in [0.15, 0.2) is 18.2 Å². The van der Waals surface area contributed by atoms with Crippen LogP contribution in [-0.4, -0.2) is 12.5 Å². The summed E-state index contributed by atoms with van der Waals surface area (Å²) in [6.45, 7) is 2.44. The number of ether oxygens (including phenoxy) is 1. The number of fused-ring (bicyclic) bond motifs is 1. The molecule has 1 amide bonds. The maximum absolute atomic E-state index is 11.2. The molecule has 0 saturated heterocycles. The van der Waals surface area contributed by atoms with E-state index in [1.165, 1.54) is 0 Å². The Hall–Kier alpha value is -1.51. The molecule has 3 heteroatoms. The van der Waals surface area contributed by atoms with Crippen molar-refractivity contribution >= 4 is 11.6 Å². The Morgan fingerprint density at radius 3 is 3.15 bits per heavy atom. The number of carbonyl (C=O) groups is 1. The van der Waals surface area contributed by atoms with Crippen LogP contribution in [0.3, 0.4) is 0 Å². The van der Waals surface area contributed by atoms with Crippen LogP contribution in [0.25, 0.3) is 0 Å². The fourth-order valence-corrected chi connectivity index (χ4v) is 1.33. The lowest BCUT2D eigenvalue weighted by atomic mass is 10.2. The molecule has 0 saturated carbocycles. The molecular formula is C10H11NO2. The molecule has 0 aromatic heterocycles. The molecule has 0 radical (unpaired) electrons. The van der Waals surface area contributed by atoms with Crippen molar-refractivity contribution in [3.63, 3.8) is 0 Å². The van der Waals surface area contributed by atoms with Gasteiger partial charge in [0, 0.05) is 0 Å². The van der Waals surface area contributed by atoms with Crippen molar-refractivity contribution in [3.05, 3.63) is 23.8 Å². The molecule has 0 atom stereocenters. The topological polar surface area (TPSA) is 38.3 Å². The minimum Gasteiger partial charge on any atom is -0.491 e. The number of anilines is 1. The molecule has 0 fully saturated rings. The van der Waals surface area contributed by atoms with E-state index in [0.717, 1.165) is 17.0 Å². The average molecular weight is 177 g/mol. The fraction of sp³-hybridized carbons (Fsp3) is 0.300. The van der Waals surface area contributed by atoms with E-state index in [2.05, 4.69) is 5.32 Å². The van der Waals surface area contributed by atoms with E-state index in [1.807, 2.05) is 25.1 Å². The summed E-state index contributed by atoms with van der Waals surface area (Å²) >= 11 is 0. The Labute approximate surface area is 76.7 Å². The van der Waals surface area contributed by atoms with Crippen molar-refractivity contribution in [1.29, 1.82) is 0 Å². The highest BCUT2D eigenvalue weighted by atomic mass is 16.5. The molecule has 1 heterocycles. The zero-order valence-corrected chi connectivity index (χ0v) is 7.46. The maximum atomic E-state index is 11.2. The van der Waals surface area contributed by atoms with Crippen molar-refractivity contribution in [2.75, 3.05) is 11.9 Å². The number of carbonyl (C=O) groups excluding carboxylic acids is 1. The first-order valence-corrected chi connectivity index (χ1v) is 4.29. The van der Waals surface area contributed by atoms with E-state index in [-0.39, 0.29) is 5.91 Å². The lowest BCUT2D eigenvalue weighted by Crippen LogP contribution is -2.10. The van der Waals surface area contributed by atoms with Gasteiger partial charge in [-0.3, -0.25) is 4.79 Å². The summed E-state index contributed by atoms with van der Waals surface area (Å²) in [6, 6.07) is 5.77. The number of benzene rings is 1. The van der Waals surface area contributed by atoms with E-state index < -0.39 is 0 Å². The number of nitrogens with one attached hydrogen (secondary N) is 1. The highest BCUT2D eigenvalue weighted by Gasteiger charge is 2.12. The molecule has 68 valence electrons. The van der Waals surface area contributed by atoms with E-state index in [0.29, 0.717) is 13.0 Å². The third-order valence-electron chi connectivity index (χ3n) is 2.00. The van der Waals surface area contributed by atoms with E-state index in [4.69, 9.17) is 4.74 Å². The zero-order chi connectivity index (χ0) is 9.26. The molecule has 1 aromatic rings. The number of aryl methyl sites for hydroxylation is 1. The Balaban J connectivity index is 2.40. The molecule has 13 heavy (non-hydrogen) atoms. The van der Waals surface area contributed by atoms with Gasteiger partial charge in [-0.2, -0.15) is 0 Å². The second-order valence-electron chi connectivity index (χ2n) is 3.15. The monoisotopic (exact) mass is 177 g/mol. The van der Waals surface area contributed by atoms with Crippen LogP contribution in [0.5, 0.6) is 5.75 Å². The summed E-state index contributed by atoms with van der Waals surface area (Å²) in [5.74, 6) is 0.779. The van der Waals surface area contributed by atoms with Crippen LogP contribution in [0.4, 0.5) is 5.69 Å². The van der Waals surface area contributed by atoms with Gasteiger partial charge < -0.3 is 10.1 Å². The summed E-state index contributed by atoms with van der Waals surface area (Å²) in [7, 11) is 0. The van der Waals surface area contributed by atoms with E-state index in [9.17, 15) is 4.79 Å². The quantitative estimate of drug-likeness (QED) is 0.655. The van der Waals surface area contributed by atoms with E-state index in [1.54, 1.807) is 0 Å². The predicted molar refractivity (Wildman–Crippen MR) is 49.9 cm³/mol. The van der Waals surface area contributed by atoms with Crippen LogP contribution in [0.1, 0.15) is 12.0 Å². The first-order chi connectivity index (χ1) is 6.25. The summed E-state index contributed by atoms with van der Waals surface area (Å²) in [6.07, 6.45) is 0.424. The third-order valence-corrected chi connectivity index (χ3v) is 2.00. The van der Waals surface area contributed by atoms with Gasteiger partial charge in [-0.15, -0.1) is 0 Å². The first-order valence-electron chi connectivity index (χ1n) is 4.29. The molecular weight excluding hydrogens is 166 g/mol. The van der Waals surface area contributed by atoms with Crippen molar-refractivity contribution in [2.24, 2.45) is 0 Å². The number of amides is 1. The molecule has 1 aromatic carbocycles. The number of hydrogen-bond donors (Lipinski definition) is 1. The van der Waals surface area contributed by atoms with Gasteiger partial charge in [0.2, 0.25) is 5.91 Å². The van der Waals surface area contributed by atoms with Gasteiger partial charge in [0.15, 0.2) is 0 Å². The molecule has 1 aliphatic rings. The minimum absolute atomic E-state index is 0.0179. The van der Waals surface area contributed by atoms with Crippen LogP contribution in [-0.2, 0) is 4.79 Å². The lowest BCUT2D eigenvalue weighted by Gasteiger charge is -2.06. The highest BCUT2D eigenvalue weighted by molar-refractivity contribution is 5.93. The Morgan fingerprint density at radius 2 is 2.31 bits per heavy atom. The van der Waals surface area contributed by atoms with Crippen LogP contribution >= 0.6 is 0 Å². The summed E-state index contributed by atoms with van der Waals surface area (Å²) in [4.78, 5) is 11.2. The number of hydrogen-bond acceptors (Lipinski definition) is 2. The molecule has 3 nitrogen and oxygen atoms in total. The molecule has 0 unspecified atom stereocenters. The molecule has 2 rings (SSSR count). The zero-order valence-electron chi connectivity index (χ0n) is 7.46. The third kappa shape index (κ3) is 1.64. The van der Waals surface area contributed by atoms with Crippen LogP contribution in [0, 0.1) is 6.92 Å². The van der Waals surface area contributed by atoms with Gasteiger partial charge in [0.1, 0.15) is 5.75 Å². The number of rotatable bonds is 0. The van der Waals surface area contributed by atoms with Gasteiger partial charge in [0.25, 0.3) is 0 Å². The van der Waals surface area contributed by atoms with Gasteiger partial charge in [-0.25, -0.2) is 0 Å². The van der Waals surface area contributed by atoms with Crippen molar-refractivity contribution in [1.82, 2.24) is 0 Å². The van der Waals surface area contributed by atoms with Crippen molar-refractivity contribution in [3.8, 4) is 5.75 Å². The van der Waals surface area contributed by atoms with Gasteiger partial charge in [-0.05, 0) is 24.6 Å². The summed E-state index contributed by atoms with van der Waals surface area (Å²) in [5, 5.41) is 2.80. The normalized spacial score (nSPS) is 15.3. The maximum Gasteiger partial charge on any atom is 0.227 e. The van der Waals surface area contributed by atoms with Gasteiger partial charge in [-0.1, -0.05) is 6.07 Å². The smallest absolute Gasteiger partial charge is 0.227 e. The predicted octanol–water partition coefficient (Wildman–Crippen LogP) is 1.72. The van der Waals surface area contributed by atoms with Gasteiger partial charge >= 0.3 is 0 Å². The molecule has 0 spiro atoms. The van der Waals surface area contributed by atoms with Crippen molar-refractivity contribution in [2.45, 2.75) is 13.3 Å². The second kappa shape index (κ2) is 3.09. The Bertz CT molecular complexity index is 347. The lowest BCUT2D eigenvalue weighted by molar-refractivity contribution is -0.116. The van der Waals surface area contributed by atoms with Crippen LogP contribution in [0.2, 0.25) is 0 Å². The minimum atomic E-state index is 0.0179. The second-order valence-corrected chi connectivity index (χ2v) is 3.15. The van der Waals surface area contributed by atoms with Crippen LogP contribution < -0.4 is 10.1 Å². The Kier molecular flexibility index (Phi) is 1.93. The first kappa shape index (κ1) is 8.10.